The smallest absolute Gasteiger partial charge is 0.267 e. The van der Waals surface area contributed by atoms with E-state index in [0.717, 1.165) is 32.1 Å². The van der Waals surface area contributed by atoms with Crippen molar-refractivity contribution in [3.63, 3.8) is 0 Å². The van der Waals surface area contributed by atoms with Crippen molar-refractivity contribution in [3.8, 4) is 0 Å². The van der Waals surface area contributed by atoms with Gasteiger partial charge in [0.1, 0.15) is 6.72 Å². The molecule has 4 atom stereocenters. The first-order valence-corrected chi connectivity index (χ1v) is 21.0. The van der Waals surface area contributed by atoms with Crippen LogP contribution in [0.3, 0.4) is 0 Å². The predicted octanol–water partition coefficient (Wildman–Crippen LogP) is 3.57. The third-order valence-electron chi connectivity index (χ3n) is 3.15. The van der Waals surface area contributed by atoms with Gasteiger partial charge in [-0.15, -0.1) is 0 Å². The van der Waals surface area contributed by atoms with Gasteiger partial charge >= 0.3 is 0 Å². The SMILES string of the molecule is C.C.C.C.CCCOP(=O)([O-])OC.CCNC(=O)CC.CCNP(=O)([O-])OC.CCNP(=O)([O-])SC.CCNP([O-])(=S)OC. The summed E-state index contributed by atoms with van der Waals surface area (Å²) in [5.74, 6) is 0.127. The average molecular weight is 765 g/mol. The van der Waals surface area contributed by atoms with Crippen LogP contribution in [-0.4, -0.2) is 66.3 Å². The number of hydrogen-bond acceptors (Lipinski definition) is 14. The molecule has 0 bridgehead atoms. The fourth-order valence-electron chi connectivity index (χ4n) is 1.35. The highest BCUT2D eigenvalue weighted by Crippen LogP contribution is 2.43. The van der Waals surface area contributed by atoms with Crippen LogP contribution in [0, 0.1) is 0 Å². The lowest BCUT2D eigenvalue weighted by Crippen LogP contribution is -2.20. The van der Waals surface area contributed by atoms with Gasteiger partial charge in [0.25, 0.3) is 7.82 Å². The zero-order valence-electron chi connectivity index (χ0n) is 25.0. The molecule has 16 nitrogen and oxygen atoms in total. The Morgan fingerprint density at radius 3 is 1.32 bits per heavy atom. The molecule has 0 rings (SSSR count). The molecular formula is C22H64N4O12P4S2-4. The zero-order chi connectivity index (χ0) is 32.9. The topological polar surface area (TPSA) is 246 Å². The summed E-state index contributed by atoms with van der Waals surface area (Å²) in [5.41, 5.74) is 0. The Morgan fingerprint density at radius 2 is 1.16 bits per heavy atom. The van der Waals surface area contributed by atoms with Crippen molar-refractivity contribution in [2.24, 2.45) is 0 Å². The van der Waals surface area contributed by atoms with Crippen LogP contribution >= 0.6 is 40.3 Å². The first-order chi connectivity index (χ1) is 18.3. The third-order valence-corrected chi connectivity index (χ3v) is 10.3. The zero-order valence-corrected chi connectivity index (χ0v) is 30.2. The average Bonchev–Trinajstić information content (AvgIpc) is 2.89. The molecule has 0 saturated carbocycles. The van der Waals surface area contributed by atoms with Crippen molar-refractivity contribution in [3.05, 3.63) is 0 Å². The van der Waals surface area contributed by atoms with Crippen LogP contribution in [0.15, 0.2) is 0 Å². The molecule has 1 amide bonds. The molecule has 44 heavy (non-hydrogen) atoms. The van der Waals surface area contributed by atoms with Crippen LogP contribution in [0.5, 0.6) is 0 Å². The van der Waals surface area contributed by atoms with Crippen molar-refractivity contribution < 1.29 is 56.2 Å². The molecule has 280 valence electrons. The maximum Gasteiger partial charge on any atom is 0.267 e. The van der Waals surface area contributed by atoms with Crippen LogP contribution in [0.1, 0.15) is 84.1 Å². The summed E-state index contributed by atoms with van der Waals surface area (Å²) in [4.78, 5) is 52.1. The second-order valence-electron chi connectivity index (χ2n) is 6.35. The minimum atomic E-state index is -3.94. The quantitative estimate of drug-likeness (QED) is 0.174. The van der Waals surface area contributed by atoms with Gasteiger partial charge in [0.05, 0.1) is 13.2 Å². The maximum absolute atomic E-state index is 10.7. The highest BCUT2D eigenvalue weighted by atomic mass is 32.7. The number of rotatable bonds is 15. The molecule has 0 fully saturated rings. The molecular weight excluding hydrogens is 700 g/mol. The van der Waals surface area contributed by atoms with Gasteiger partial charge in [-0.1, -0.05) is 87.5 Å². The summed E-state index contributed by atoms with van der Waals surface area (Å²) in [6.45, 7) is 7.07. The molecule has 0 aromatic carbocycles. The molecule has 0 aliphatic heterocycles. The number of nitrogens with one attached hydrogen (secondary N) is 4. The lowest BCUT2D eigenvalue weighted by Gasteiger charge is -2.25. The van der Waals surface area contributed by atoms with Crippen molar-refractivity contribution in [1.29, 1.82) is 0 Å². The predicted molar refractivity (Wildman–Crippen MR) is 185 cm³/mol. The monoisotopic (exact) mass is 764 g/mol. The van der Waals surface area contributed by atoms with Gasteiger partial charge in [0.15, 0.2) is 0 Å². The van der Waals surface area contributed by atoms with Gasteiger partial charge in [-0.3, -0.25) is 29.2 Å². The molecule has 0 heterocycles. The highest BCUT2D eigenvalue weighted by molar-refractivity contribution is 8.54. The summed E-state index contributed by atoms with van der Waals surface area (Å²) in [7, 11) is -4.09. The van der Waals surface area contributed by atoms with Crippen LogP contribution in [-0.2, 0) is 48.4 Å². The van der Waals surface area contributed by atoms with E-state index in [-0.39, 0.29) is 42.2 Å². The summed E-state index contributed by atoms with van der Waals surface area (Å²) >= 11 is 5.31. The molecule has 0 aromatic rings. The third kappa shape index (κ3) is 61.7. The molecule has 4 N–H and O–H groups in total. The second kappa shape index (κ2) is 41.7. The summed E-state index contributed by atoms with van der Waals surface area (Å²) in [5, 5.41) is 9.66. The maximum atomic E-state index is 10.7. The van der Waals surface area contributed by atoms with Gasteiger partial charge in [0.2, 0.25) is 13.7 Å². The second-order valence-corrected chi connectivity index (χ2v) is 16.9. The number of amides is 1. The molecule has 0 spiro atoms. The molecule has 0 aliphatic rings. The van der Waals surface area contributed by atoms with Gasteiger partial charge in [-0.2, -0.15) is 0 Å². The van der Waals surface area contributed by atoms with E-state index in [1.54, 1.807) is 13.8 Å². The Balaban J connectivity index is -0.0000000487. The summed E-state index contributed by atoms with van der Waals surface area (Å²) < 4.78 is 47.9. The lowest BCUT2D eigenvalue weighted by atomic mass is 10.4. The van der Waals surface area contributed by atoms with Gasteiger partial charge < -0.3 is 47.6 Å². The van der Waals surface area contributed by atoms with Gasteiger partial charge in [0, 0.05) is 34.3 Å². The minimum absolute atomic E-state index is 0. The Bertz CT molecular complexity index is 730. The Labute approximate surface area is 278 Å². The Hall–Kier alpha value is 0.720. The lowest BCUT2D eigenvalue weighted by molar-refractivity contribution is -0.223. The molecule has 0 aromatic heterocycles. The summed E-state index contributed by atoms with van der Waals surface area (Å²) in [6, 6.07) is 0. The molecule has 4 unspecified atom stereocenters. The number of carbonyl (C=O) groups excluding carboxylic acids is 1. The van der Waals surface area contributed by atoms with Crippen molar-refractivity contribution in [2.45, 2.75) is 84.1 Å². The van der Waals surface area contributed by atoms with Crippen molar-refractivity contribution in [1.82, 2.24) is 20.6 Å². The van der Waals surface area contributed by atoms with Crippen LogP contribution in [0.2, 0.25) is 0 Å². The van der Waals surface area contributed by atoms with Crippen LogP contribution in [0.25, 0.3) is 0 Å². The van der Waals surface area contributed by atoms with E-state index < -0.39 is 28.9 Å². The number of carbonyl (C=O) groups is 1. The van der Waals surface area contributed by atoms with Crippen LogP contribution in [0.4, 0.5) is 0 Å². The minimum Gasteiger partial charge on any atom is -0.789 e. The molecule has 22 heteroatoms. The van der Waals surface area contributed by atoms with E-state index in [4.69, 9.17) is 0 Å². The Kier molecular flexibility index (Phi) is 63.6. The highest BCUT2D eigenvalue weighted by Gasteiger charge is 2.03. The molecule has 0 aliphatic carbocycles. The van der Waals surface area contributed by atoms with Crippen LogP contribution < -0.4 is 40.2 Å². The van der Waals surface area contributed by atoms with E-state index in [9.17, 15) is 38.1 Å². The number of hydrogen-bond donors (Lipinski definition) is 4. The molecule has 0 radical (unpaired) electrons. The number of phosphoric acid groups is 1. The fourth-order valence-corrected chi connectivity index (χ4v) is 4.58. The van der Waals surface area contributed by atoms with E-state index in [0.29, 0.717) is 32.5 Å². The largest absolute Gasteiger partial charge is 0.789 e. The first kappa shape index (κ1) is 67.0. The normalized spacial score (nSPS) is 14.6. The standard InChI is InChI=1S/C5H11NO.C4H11O4P.C3H10NO3P.2C3H10NO2PS.4CH4/c1-3-5(7)6-4-2;1-3-4-8-9(5,6)7-2;1-3-4-8(5,6)7-2;1-3-4-7(5,6)8-2;1-3-4-7(5,8)6-2;;;;/h3-4H2,1-2H3,(H,6,7);3-4H2,1-2H3,(H,5,6);2*3H2,1-2H3,(H2,4,5,6);3H2,1-2H3,(H2,4,5,8);4*1H4/p-4. The van der Waals surface area contributed by atoms with Crippen molar-refractivity contribution >= 4 is 58.0 Å². The van der Waals surface area contributed by atoms with E-state index in [2.05, 4.69) is 50.5 Å². The van der Waals surface area contributed by atoms with E-state index in [1.807, 2.05) is 27.7 Å². The first-order valence-electron chi connectivity index (χ1n) is 11.9. The van der Waals surface area contributed by atoms with Gasteiger partial charge in [-0.25, -0.2) is 0 Å². The summed E-state index contributed by atoms with van der Waals surface area (Å²) in [6.07, 6.45) is 2.79. The number of phosphoric ester groups is 1. The van der Waals surface area contributed by atoms with Crippen molar-refractivity contribution in [2.75, 3.05) is 60.4 Å². The Morgan fingerprint density at radius 1 is 0.727 bits per heavy atom. The van der Waals surface area contributed by atoms with E-state index >= 15 is 0 Å². The fraction of sp³-hybridized carbons (Fsp3) is 0.955. The molecule has 0 saturated heterocycles. The van der Waals surface area contributed by atoms with Gasteiger partial charge in [-0.05, 0) is 39.2 Å². The van der Waals surface area contributed by atoms with E-state index in [1.165, 1.54) is 13.4 Å².